The minimum absolute atomic E-state index is 0.0613. The first-order valence-corrected chi connectivity index (χ1v) is 21.3. The Morgan fingerprint density at radius 1 is 0.567 bits per heavy atom. The summed E-state index contributed by atoms with van der Waals surface area (Å²) in [4.78, 5) is 101. The van der Waals surface area contributed by atoms with Gasteiger partial charge in [-0.15, -0.1) is 0 Å². The number of nitrogens with zero attached hydrogens (tertiary/aromatic N) is 1. The van der Waals surface area contributed by atoms with Crippen LogP contribution in [0.15, 0.2) is 60.7 Å². The molecule has 16 heteroatoms. The number of hydrogen-bond acceptors (Lipinski definition) is 9. The van der Waals surface area contributed by atoms with Gasteiger partial charge in [-0.3, -0.25) is 33.6 Å². The molecule has 0 radical (unpaired) electrons. The molecule has 0 spiro atoms. The number of rotatable bonds is 13. The first-order chi connectivity index (χ1) is 28.7. The number of carbonyl (C=O) groups is 7. The molecule has 0 unspecified atom stereocenters. The van der Waals surface area contributed by atoms with E-state index in [2.05, 4.69) is 31.9 Å². The molecule has 7 atom stereocenters. The molecular weight excluding hydrogens is 767 g/mol. The van der Waals surface area contributed by atoms with Crippen molar-refractivity contribution in [2.75, 3.05) is 19.6 Å². The normalized spacial score (nSPS) is 25.4. The Labute approximate surface area is 353 Å². The Morgan fingerprint density at radius 2 is 1.02 bits per heavy atom. The second-order valence-corrected chi connectivity index (χ2v) is 16.6. The molecule has 2 aromatic rings. The number of carbonyl (C=O) groups excluding carboxylic acids is 7. The van der Waals surface area contributed by atoms with E-state index in [0.717, 1.165) is 11.1 Å². The highest BCUT2D eigenvalue weighted by atomic mass is 16.2. The van der Waals surface area contributed by atoms with Gasteiger partial charge in [0.25, 0.3) is 0 Å². The van der Waals surface area contributed by atoms with Crippen LogP contribution < -0.4 is 43.4 Å². The zero-order chi connectivity index (χ0) is 43.8. The van der Waals surface area contributed by atoms with Gasteiger partial charge in [-0.25, -0.2) is 0 Å². The fourth-order valence-corrected chi connectivity index (χ4v) is 7.63. The van der Waals surface area contributed by atoms with Crippen LogP contribution in [0.4, 0.5) is 0 Å². The molecule has 10 N–H and O–H groups in total. The van der Waals surface area contributed by atoms with Crippen molar-refractivity contribution in [1.82, 2.24) is 36.8 Å². The number of fused-ring (bicyclic) bond motifs is 1. The summed E-state index contributed by atoms with van der Waals surface area (Å²) in [5, 5.41) is 17.0. The Balaban J connectivity index is 1.80. The van der Waals surface area contributed by atoms with Crippen LogP contribution >= 0.6 is 0 Å². The maximum atomic E-state index is 14.3. The van der Waals surface area contributed by atoms with E-state index in [-0.39, 0.29) is 57.7 Å². The highest BCUT2D eigenvalue weighted by molar-refractivity contribution is 5.99. The van der Waals surface area contributed by atoms with Gasteiger partial charge in [0.15, 0.2) is 0 Å². The molecule has 16 nitrogen and oxygen atoms in total. The first-order valence-electron chi connectivity index (χ1n) is 21.3. The quantitative estimate of drug-likeness (QED) is 0.140. The van der Waals surface area contributed by atoms with Crippen LogP contribution in [0.3, 0.4) is 0 Å². The molecule has 2 fully saturated rings. The minimum Gasteiger partial charge on any atom is -0.343 e. The van der Waals surface area contributed by atoms with E-state index < -0.39 is 89.6 Å². The number of hydrogen-bond donors (Lipinski definition) is 8. The molecule has 2 aliphatic heterocycles. The molecule has 328 valence electrons. The molecule has 0 saturated carbocycles. The van der Waals surface area contributed by atoms with Gasteiger partial charge in [0.2, 0.25) is 41.4 Å². The van der Waals surface area contributed by atoms with Crippen LogP contribution in [0.5, 0.6) is 0 Å². The van der Waals surface area contributed by atoms with Gasteiger partial charge >= 0.3 is 0 Å². The SMILES string of the molecule is CC(C)C[C@H]1NC(=O)[C@H](Cc2ccccc2)NC(=O)[C@@H]2CCCN2C(=O)[C@@H](CCCN)NC(=O)[C@H](C(C)C)NC(=O)[C@H](CCCN)NC(=O)[C@@H](Cc2ccccc2)NC1=O. The lowest BCUT2D eigenvalue weighted by Gasteiger charge is -2.31. The summed E-state index contributed by atoms with van der Waals surface area (Å²) in [6.45, 7) is 8.00. The van der Waals surface area contributed by atoms with Gasteiger partial charge in [0, 0.05) is 19.4 Å². The molecule has 0 aliphatic carbocycles. The smallest absolute Gasteiger partial charge is 0.245 e. The molecule has 7 amide bonds. The first kappa shape index (κ1) is 47.3. The van der Waals surface area contributed by atoms with E-state index >= 15 is 0 Å². The summed E-state index contributed by atoms with van der Waals surface area (Å²) >= 11 is 0. The third-order valence-corrected chi connectivity index (χ3v) is 10.9. The Kier molecular flexibility index (Phi) is 18.5. The molecule has 0 aromatic heterocycles. The molecule has 60 heavy (non-hydrogen) atoms. The monoisotopic (exact) mass is 832 g/mol. The van der Waals surface area contributed by atoms with Crippen LogP contribution in [0.2, 0.25) is 0 Å². The summed E-state index contributed by atoms with van der Waals surface area (Å²) in [6.07, 6.45) is 2.26. The van der Waals surface area contributed by atoms with Crippen molar-refractivity contribution in [2.24, 2.45) is 23.3 Å². The zero-order valence-electron chi connectivity index (χ0n) is 35.4. The maximum absolute atomic E-state index is 14.3. The van der Waals surface area contributed by atoms with Gasteiger partial charge in [0.1, 0.15) is 42.3 Å². The van der Waals surface area contributed by atoms with Crippen LogP contribution in [0, 0.1) is 11.8 Å². The van der Waals surface area contributed by atoms with E-state index in [1.54, 1.807) is 26.0 Å². The van der Waals surface area contributed by atoms with E-state index in [1.165, 1.54) is 4.90 Å². The van der Waals surface area contributed by atoms with Crippen molar-refractivity contribution in [3.05, 3.63) is 71.8 Å². The van der Waals surface area contributed by atoms with E-state index in [0.29, 0.717) is 25.7 Å². The Morgan fingerprint density at radius 3 is 1.53 bits per heavy atom. The average Bonchev–Trinajstić information content (AvgIpc) is 3.72. The Hall–Kier alpha value is -5.35. The number of benzene rings is 2. The van der Waals surface area contributed by atoms with Crippen LogP contribution in [-0.2, 0) is 46.4 Å². The summed E-state index contributed by atoms with van der Waals surface area (Å²) < 4.78 is 0. The highest BCUT2D eigenvalue weighted by Crippen LogP contribution is 2.21. The third-order valence-electron chi connectivity index (χ3n) is 10.9. The van der Waals surface area contributed by atoms with Crippen molar-refractivity contribution in [2.45, 2.75) is 128 Å². The number of nitrogens with two attached hydrogens (primary N) is 2. The zero-order valence-corrected chi connectivity index (χ0v) is 35.4. The van der Waals surface area contributed by atoms with Gasteiger partial charge in [-0.2, -0.15) is 0 Å². The molecule has 4 rings (SSSR count). The number of nitrogens with one attached hydrogen (secondary N) is 6. The van der Waals surface area contributed by atoms with Crippen molar-refractivity contribution < 1.29 is 33.6 Å². The average molecular weight is 832 g/mol. The number of amides is 7. The molecule has 2 heterocycles. The maximum Gasteiger partial charge on any atom is 0.245 e. The topological polar surface area (TPSA) is 247 Å². The van der Waals surface area contributed by atoms with Crippen LogP contribution in [-0.4, -0.2) is 108 Å². The van der Waals surface area contributed by atoms with Crippen LogP contribution in [0.1, 0.15) is 83.8 Å². The highest BCUT2D eigenvalue weighted by Gasteiger charge is 2.41. The summed E-state index contributed by atoms with van der Waals surface area (Å²) in [5.74, 6) is -4.70. The second kappa shape index (κ2) is 23.4. The lowest BCUT2D eigenvalue weighted by molar-refractivity contribution is -0.143. The summed E-state index contributed by atoms with van der Waals surface area (Å²) in [5.41, 5.74) is 13.2. The predicted octanol–water partition coefficient (Wildman–Crippen LogP) is 0.565. The molecule has 2 aliphatic rings. The fraction of sp³-hybridized carbons (Fsp3) is 0.568. The Bertz CT molecular complexity index is 1760. The summed E-state index contributed by atoms with van der Waals surface area (Å²) in [6, 6.07) is 10.5. The largest absolute Gasteiger partial charge is 0.343 e. The van der Waals surface area contributed by atoms with E-state index in [9.17, 15) is 33.6 Å². The van der Waals surface area contributed by atoms with Crippen LogP contribution in [0.25, 0.3) is 0 Å². The van der Waals surface area contributed by atoms with Gasteiger partial charge in [-0.1, -0.05) is 88.4 Å². The lowest BCUT2D eigenvalue weighted by atomic mass is 9.99. The lowest BCUT2D eigenvalue weighted by Crippen LogP contribution is -2.60. The molecule has 0 bridgehead atoms. The fourth-order valence-electron chi connectivity index (χ4n) is 7.63. The van der Waals surface area contributed by atoms with Crippen molar-refractivity contribution in [1.29, 1.82) is 0 Å². The van der Waals surface area contributed by atoms with Gasteiger partial charge < -0.3 is 48.3 Å². The van der Waals surface area contributed by atoms with E-state index in [4.69, 9.17) is 11.5 Å². The minimum atomic E-state index is -1.18. The van der Waals surface area contributed by atoms with Gasteiger partial charge in [-0.05, 0) is 81.0 Å². The van der Waals surface area contributed by atoms with Crippen molar-refractivity contribution in [3.8, 4) is 0 Å². The standard InChI is InChI=1S/C44H65N9O7/c1-27(2)24-33-39(55)50-34(25-29-14-7-5-8-15-29)40(56)47-31(18-11-21-45)38(54)52-37(28(3)4)43(59)48-32(19-12-22-46)44(60)53-23-13-20-36(53)42(58)51-35(41(57)49-33)26-30-16-9-6-10-17-30/h5-10,14-17,27-28,31-37H,11-13,18-26,45-46H2,1-4H3,(H,47,56)(H,48,59)(H,49,57)(H,50,55)(H,51,58)(H,52,54)/t31-,32+,33+,34+,35-,36-,37-/m0/s1. The van der Waals surface area contributed by atoms with E-state index in [1.807, 2.05) is 62.4 Å². The third kappa shape index (κ3) is 13.9. The summed E-state index contributed by atoms with van der Waals surface area (Å²) in [7, 11) is 0. The predicted molar refractivity (Wildman–Crippen MR) is 227 cm³/mol. The molecular formula is C44H65N9O7. The van der Waals surface area contributed by atoms with Crippen molar-refractivity contribution >= 4 is 41.4 Å². The van der Waals surface area contributed by atoms with Crippen molar-refractivity contribution in [3.63, 3.8) is 0 Å². The second-order valence-electron chi connectivity index (χ2n) is 16.6. The molecule has 2 saturated heterocycles. The van der Waals surface area contributed by atoms with Gasteiger partial charge in [0.05, 0.1) is 0 Å². The molecule has 2 aromatic carbocycles.